The predicted molar refractivity (Wildman–Crippen MR) is 129 cm³/mol. The van der Waals surface area contributed by atoms with E-state index < -0.39 is 10.0 Å². The molecule has 1 saturated heterocycles. The van der Waals surface area contributed by atoms with Gasteiger partial charge >= 0.3 is 0 Å². The van der Waals surface area contributed by atoms with Crippen molar-refractivity contribution in [2.75, 3.05) is 37.7 Å². The molecule has 34 heavy (non-hydrogen) atoms. The zero-order valence-electron chi connectivity index (χ0n) is 19.6. The van der Waals surface area contributed by atoms with Crippen molar-refractivity contribution in [1.82, 2.24) is 9.62 Å². The van der Waals surface area contributed by atoms with Crippen molar-refractivity contribution < 1.29 is 22.7 Å². The molecule has 0 aliphatic carbocycles. The van der Waals surface area contributed by atoms with E-state index in [1.54, 1.807) is 6.07 Å². The van der Waals surface area contributed by atoms with E-state index in [-0.39, 0.29) is 41.7 Å². The Morgan fingerprint density at radius 1 is 1.09 bits per heavy atom. The zero-order chi connectivity index (χ0) is 24.3. The lowest BCUT2D eigenvalue weighted by molar-refractivity contribution is -0.125. The van der Waals surface area contributed by atoms with Crippen molar-refractivity contribution in [3.63, 3.8) is 0 Å². The second-order valence-corrected chi connectivity index (χ2v) is 11.2. The second-order valence-electron chi connectivity index (χ2n) is 9.25. The molecule has 2 aliphatic heterocycles. The number of benzene rings is 2. The van der Waals surface area contributed by atoms with Gasteiger partial charge in [-0.25, -0.2) is 8.42 Å². The van der Waals surface area contributed by atoms with Crippen LogP contribution in [-0.2, 0) is 26.0 Å². The smallest absolute Gasteiger partial charge is 0.265 e. The van der Waals surface area contributed by atoms with Crippen molar-refractivity contribution in [3.05, 3.63) is 54.1 Å². The molecule has 0 aromatic heterocycles. The van der Waals surface area contributed by atoms with Crippen LogP contribution in [0.15, 0.2) is 53.4 Å². The Hall–Kier alpha value is -2.91. The van der Waals surface area contributed by atoms with Crippen molar-refractivity contribution in [1.29, 1.82) is 0 Å². The molecule has 0 radical (unpaired) electrons. The summed E-state index contributed by atoms with van der Waals surface area (Å²) in [5, 5.41) is 2.84. The van der Waals surface area contributed by atoms with Crippen LogP contribution in [0.5, 0.6) is 5.75 Å². The number of rotatable bonds is 7. The van der Waals surface area contributed by atoms with E-state index in [1.165, 1.54) is 21.3 Å². The largest absolute Gasteiger partial charge is 0.482 e. The van der Waals surface area contributed by atoms with Crippen LogP contribution in [0, 0.1) is 11.8 Å². The molecule has 2 amide bonds. The fourth-order valence-corrected chi connectivity index (χ4v) is 6.36. The number of amides is 2. The summed E-state index contributed by atoms with van der Waals surface area (Å²) in [7, 11) is -3.74. The third-order valence-corrected chi connectivity index (χ3v) is 8.05. The van der Waals surface area contributed by atoms with Gasteiger partial charge in [-0.1, -0.05) is 44.2 Å². The first-order valence-corrected chi connectivity index (χ1v) is 13.1. The van der Waals surface area contributed by atoms with Gasteiger partial charge in [-0.2, -0.15) is 4.31 Å². The lowest BCUT2D eigenvalue weighted by atomic mass is 9.94. The fraction of sp³-hybridized carbons (Fsp3) is 0.440. The number of anilines is 1. The first-order valence-electron chi connectivity index (χ1n) is 11.6. The standard InChI is InChI=1S/C25H31N3O5S/c1-18-12-19(2)15-27(14-18)34(31,32)21-8-9-23-22(13-21)28(25(30)17-33-23)16-24(29)26-11-10-20-6-4-3-5-7-20/h3-9,13,18-19H,10-12,14-17H2,1-2H3,(H,26,29)/t18-,19-/m0/s1. The van der Waals surface area contributed by atoms with E-state index in [1.807, 2.05) is 30.3 Å². The van der Waals surface area contributed by atoms with Gasteiger partial charge in [0.25, 0.3) is 5.91 Å². The highest BCUT2D eigenvalue weighted by Crippen LogP contribution is 2.36. The molecule has 8 nitrogen and oxygen atoms in total. The van der Waals surface area contributed by atoms with Crippen LogP contribution < -0.4 is 15.0 Å². The van der Waals surface area contributed by atoms with Gasteiger partial charge in [-0.3, -0.25) is 14.5 Å². The molecule has 0 spiro atoms. The van der Waals surface area contributed by atoms with Gasteiger partial charge in [0.05, 0.1) is 10.6 Å². The number of carbonyl (C=O) groups is 2. The maximum Gasteiger partial charge on any atom is 0.265 e. The molecule has 1 N–H and O–H groups in total. The van der Waals surface area contributed by atoms with E-state index in [4.69, 9.17) is 4.74 Å². The minimum Gasteiger partial charge on any atom is -0.482 e. The molecule has 0 saturated carbocycles. The molecule has 1 fully saturated rings. The van der Waals surface area contributed by atoms with E-state index >= 15 is 0 Å². The van der Waals surface area contributed by atoms with Crippen molar-refractivity contribution in [2.45, 2.75) is 31.6 Å². The maximum atomic E-state index is 13.4. The quantitative estimate of drug-likeness (QED) is 0.650. The molecule has 9 heteroatoms. The number of nitrogens with zero attached hydrogens (tertiary/aromatic N) is 2. The third-order valence-electron chi connectivity index (χ3n) is 6.23. The van der Waals surface area contributed by atoms with Crippen LogP contribution in [0.25, 0.3) is 0 Å². The molecule has 182 valence electrons. The Balaban J connectivity index is 1.49. The average molecular weight is 486 g/mol. The Labute approximate surface area is 200 Å². The number of hydrogen-bond donors (Lipinski definition) is 1. The summed E-state index contributed by atoms with van der Waals surface area (Å²) < 4.78 is 33.7. The number of piperidine rings is 1. The van der Waals surface area contributed by atoms with Gasteiger partial charge in [-0.05, 0) is 48.4 Å². The third kappa shape index (κ3) is 5.42. The van der Waals surface area contributed by atoms with Crippen LogP contribution in [0.4, 0.5) is 5.69 Å². The van der Waals surface area contributed by atoms with Crippen LogP contribution in [0.3, 0.4) is 0 Å². The van der Waals surface area contributed by atoms with E-state index in [0.717, 1.165) is 12.0 Å². The van der Waals surface area contributed by atoms with Crippen molar-refractivity contribution >= 4 is 27.5 Å². The minimum absolute atomic E-state index is 0.0975. The first kappa shape index (κ1) is 24.2. The molecule has 0 bridgehead atoms. The molecule has 2 aromatic rings. The van der Waals surface area contributed by atoms with Gasteiger partial charge in [0, 0.05) is 19.6 Å². The van der Waals surface area contributed by atoms with Gasteiger partial charge in [0.2, 0.25) is 15.9 Å². The molecular weight excluding hydrogens is 454 g/mol. The number of hydrogen-bond acceptors (Lipinski definition) is 5. The van der Waals surface area contributed by atoms with Crippen molar-refractivity contribution in [2.24, 2.45) is 11.8 Å². The SMILES string of the molecule is C[C@H]1C[C@H](C)CN(S(=O)(=O)c2ccc3c(c2)N(CC(=O)NCCc2ccccc2)C(=O)CO3)C1. The summed E-state index contributed by atoms with van der Waals surface area (Å²) in [4.78, 5) is 26.6. The Morgan fingerprint density at radius 3 is 2.50 bits per heavy atom. The lowest BCUT2D eigenvalue weighted by Crippen LogP contribution is -2.45. The van der Waals surface area contributed by atoms with E-state index in [0.29, 0.717) is 37.5 Å². The van der Waals surface area contributed by atoms with Crippen molar-refractivity contribution in [3.8, 4) is 5.75 Å². The molecule has 2 heterocycles. The number of carbonyl (C=O) groups excluding carboxylic acids is 2. The van der Waals surface area contributed by atoms with E-state index in [9.17, 15) is 18.0 Å². The molecule has 2 aliphatic rings. The van der Waals surface area contributed by atoms with Crippen LogP contribution >= 0.6 is 0 Å². The van der Waals surface area contributed by atoms with E-state index in [2.05, 4.69) is 19.2 Å². The highest BCUT2D eigenvalue weighted by atomic mass is 32.2. The highest BCUT2D eigenvalue weighted by Gasteiger charge is 2.34. The summed E-state index contributed by atoms with van der Waals surface area (Å²) in [5.74, 6) is 0.231. The maximum absolute atomic E-state index is 13.4. The summed E-state index contributed by atoms with van der Waals surface area (Å²) in [6, 6.07) is 14.3. The predicted octanol–water partition coefficient (Wildman–Crippen LogP) is 2.44. The number of fused-ring (bicyclic) bond motifs is 1. The molecule has 2 atom stereocenters. The zero-order valence-corrected chi connectivity index (χ0v) is 20.4. The molecular formula is C25H31N3O5S. The minimum atomic E-state index is -3.74. The van der Waals surface area contributed by atoms with Gasteiger partial charge in [0.1, 0.15) is 12.3 Å². The Kier molecular flexibility index (Phi) is 7.23. The number of sulfonamides is 1. The molecule has 2 aromatic carbocycles. The second kappa shape index (κ2) is 10.1. The van der Waals surface area contributed by atoms with Gasteiger partial charge in [-0.15, -0.1) is 0 Å². The van der Waals surface area contributed by atoms with Crippen LogP contribution in [0.2, 0.25) is 0 Å². The normalized spacial score (nSPS) is 21.0. The summed E-state index contributed by atoms with van der Waals surface area (Å²) in [5.41, 5.74) is 1.40. The van der Waals surface area contributed by atoms with Crippen LogP contribution in [0.1, 0.15) is 25.8 Å². The Morgan fingerprint density at radius 2 is 1.79 bits per heavy atom. The number of ether oxygens (including phenoxy) is 1. The van der Waals surface area contributed by atoms with Gasteiger partial charge in [0.15, 0.2) is 6.61 Å². The fourth-order valence-electron chi connectivity index (χ4n) is 4.66. The monoisotopic (exact) mass is 485 g/mol. The lowest BCUT2D eigenvalue weighted by Gasteiger charge is -2.34. The van der Waals surface area contributed by atoms with Gasteiger partial charge < -0.3 is 10.1 Å². The Bertz CT molecular complexity index is 1140. The summed E-state index contributed by atoms with van der Waals surface area (Å²) in [6.07, 6.45) is 1.67. The first-order chi connectivity index (χ1) is 16.2. The number of nitrogens with one attached hydrogen (secondary N) is 1. The average Bonchev–Trinajstić information content (AvgIpc) is 2.80. The molecule has 4 rings (SSSR count). The highest BCUT2D eigenvalue weighted by molar-refractivity contribution is 7.89. The van der Waals surface area contributed by atoms with Crippen LogP contribution in [-0.4, -0.2) is 57.3 Å². The summed E-state index contributed by atoms with van der Waals surface area (Å²) in [6.45, 7) is 5.07. The molecule has 0 unspecified atom stereocenters. The summed E-state index contributed by atoms with van der Waals surface area (Å²) >= 11 is 0. The topological polar surface area (TPSA) is 96.0 Å².